The van der Waals surface area contributed by atoms with Crippen LogP contribution in [-0.4, -0.2) is 47.0 Å². The average molecular weight is 472 g/mol. The van der Waals surface area contributed by atoms with Crippen molar-refractivity contribution in [2.24, 2.45) is 0 Å². The SMILES string of the molecule is O=C(c1ccc(-c2nc3ccccc3s2)o1)N1CCCN(c2ccc(C(F)(F)F)cn2)CC1. The molecule has 1 fully saturated rings. The minimum atomic E-state index is -4.42. The lowest BCUT2D eigenvalue weighted by Crippen LogP contribution is -2.35. The van der Waals surface area contributed by atoms with Crippen LogP contribution >= 0.6 is 11.3 Å². The molecule has 0 aliphatic carbocycles. The molecule has 1 saturated heterocycles. The number of furan rings is 1. The number of carbonyl (C=O) groups excluding carboxylic acids is 1. The molecular formula is C23H19F3N4O2S. The van der Waals surface area contributed by atoms with Crippen LogP contribution in [0.4, 0.5) is 19.0 Å². The van der Waals surface area contributed by atoms with Crippen molar-refractivity contribution in [1.29, 1.82) is 0 Å². The van der Waals surface area contributed by atoms with Crippen molar-refractivity contribution in [2.45, 2.75) is 12.6 Å². The standard InChI is InChI=1S/C23H19F3N4O2S/c24-23(25,26)15-6-9-20(27-14-15)29-10-3-11-30(13-12-29)22(31)18-8-7-17(32-18)21-28-16-4-1-2-5-19(16)33-21/h1-2,4-9,14H,3,10-13H2. The van der Waals surface area contributed by atoms with Gasteiger partial charge in [-0.2, -0.15) is 13.2 Å². The van der Waals surface area contributed by atoms with E-state index in [0.717, 1.165) is 22.5 Å². The number of halogens is 3. The van der Waals surface area contributed by atoms with Gasteiger partial charge in [-0.25, -0.2) is 9.97 Å². The molecule has 0 spiro atoms. The summed E-state index contributed by atoms with van der Waals surface area (Å²) in [5, 5.41) is 0.714. The van der Waals surface area contributed by atoms with Gasteiger partial charge in [-0.1, -0.05) is 12.1 Å². The van der Waals surface area contributed by atoms with E-state index in [2.05, 4.69) is 9.97 Å². The van der Waals surface area contributed by atoms with Crippen LogP contribution < -0.4 is 4.90 Å². The predicted molar refractivity (Wildman–Crippen MR) is 119 cm³/mol. The molecule has 0 bridgehead atoms. The summed E-state index contributed by atoms with van der Waals surface area (Å²) in [7, 11) is 0. The van der Waals surface area contributed by atoms with Crippen molar-refractivity contribution < 1.29 is 22.4 Å². The summed E-state index contributed by atoms with van der Waals surface area (Å²) in [6.45, 7) is 2.00. The van der Waals surface area contributed by atoms with Crippen LogP contribution in [0.5, 0.6) is 0 Å². The number of pyridine rings is 1. The molecule has 6 nitrogen and oxygen atoms in total. The number of hydrogen-bond acceptors (Lipinski definition) is 6. The van der Waals surface area contributed by atoms with Crippen LogP contribution in [0.15, 0.2) is 59.1 Å². The van der Waals surface area contributed by atoms with E-state index < -0.39 is 11.7 Å². The maximum Gasteiger partial charge on any atom is 0.417 e. The summed E-state index contributed by atoms with van der Waals surface area (Å²) in [6.07, 6.45) is -2.91. The molecule has 0 radical (unpaired) electrons. The van der Waals surface area contributed by atoms with E-state index in [1.54, 1.807) is 17.0 Å². The first kappa shape index (κ1) is 21.4. The molecule has 4 aromatic rings. The Bertz CT molecular complexity index is 1250. The van der Waals surface area contributed by atoms with Gasteiger partial charge < -0.3 is 14.2 Å². The fourth-order valence-corrected chi connectivity index (χ4v) is 4.72. The first-order chi connectivity index (χ1) is 15.9. The van der Waals surface area contributed by atoms with Gasteiger partial charge in [0, 0.05) is 32.4 Å². The third kappa shape index (κ3) is 4.43. The van der Waals surface area contributed by atoms with Crippen LogP contribution in [0.1, 0.15) is 22.5 Å². The Morgan fingerprint density at radius 1 is 1.00 bits per heavy atom. The molecule has 170 valence electrons. The summed E-state index contributed by atoms with van der Waals surface area (Å²) in [4.78, 5) is 25.1. The number of thiazole rings is 1. The fraction of sp³-hybridized carbons (Fsp3) is 0.261. The Morgan fingerprint density at radius 2 is 1.85 bits per heavy atom. The fourth-order valence-electron chi connectivity index (χ4n) is 3.79. The number of carbonyl (C=O) groups is 1. The quantitative estimate of drug-likeness (QED) is 0.404. The van der Waals surface area contributed by atoms with Crippen LogP contribution in [0.25, 0.3) is 21.0 Å². The topological polar surface area (TPSA) is 62.5 Å². The minimum Gasteiger partial charge on any atom is -0.448 e. The average Bonchev–Trinajstić information content (AvgIpc) is 3.39. The van der Waals surface area contributed by atoms with Gasteiger partial charge in [0.2, 0.25) is 0 Å². The first-order valence-electron chi connectivity index (χ1n) is 10.4. The van der Waals surface area contributed by atoms with Gasteiger partial charge in [-0.05, 0) is 42.8 Å². The number of anilines is 1. The predicted octanol–water partition coefficient (Wildman–Crippen LogP) is 5.32. The summed E-state index contributed by atoms with van der Waals surface area (Å²) in [6, 6.07) is 13.6. The zero-order valence-electron chi connectivity index (χ0n) is 17.4. The normalized spacial score (nSPS) is 15.1. The van der Waals surface area contributed by atoms with E-state index in [1.165, 1.54) is 17.4 Å². The van der Waals surface area contributed by atoms with Crippen LogP contribution in [0.2, 0.25) is 0 Å². The van der Waals surface area contributed by atoms with Crippen molar-refractivity contribution in [3.63, 3.8) is 0 Å². The lowest BCUT2D eigenvalue weighted by Gasteiger charge is -2.22. The van der Waals surface area contributed by atoms with Crippen LogP contribution in [0.3, 0.4) is 0 Å². The molecule has 5 rings (SSSR count). The molecule has 10 heteroatoms. The highest BCUT2D eigenvalue weighted by molar-refractivity contribution is 7.21. The van der Waals surface area contributed by atoms with Crippen molar-refractivity contribution >= 4 is 33.3 Å². The van der Waals surface area contributed by atoms with Gasteiger partial charge >= 0.3 is 6.18 Å². The van der Waals surface area contributed by atoms with Crippen LogP contribution in [-0.2, 0) is 6.18 Å². The first-order valence-corrected chi connectivity index (χ1v) is 11.2. The molecule has 0 atom stereocenters. The molecule has 33 heavy (non-hydrogen) atoms. The molecule has 1 aliphatic rings. The third-order valence-corrected chi connectivity index (χ3v) is 6.55. The smallest absolute Gasteiger partial charge is 0.417 e. The van der Waals surface area contributed by atoms with Crippen molar-refractivity contribution in [1.82, 2.24) is 14.9 Å². The van der Waals surface area contributed by atoms with Crippen molar-refractivity contribution in [3.05, 3.63) is 66.1 Å². The lowest BCUT2D eigenvalue weighted by molar-refractivity contribution is -0.137. The highest BCUT2D eigenvalue weighted by Gasteiger charge is 2.31. The number of rotatable bonds is 3. The second kappa shape index (κ2) is 8.51. The summed E-state index contributed by atoms with van der Waals surface area (Å²) in [5.41, 5.74) is 0.103. The summed E-state index contributed by atoms with van der Waals surface area (Å²) >= 11 is 1.50. The van der Waals surface area contributed by atoms with Crippen molar-refractivity contribution in [3.8, 4) is 10.8 Å². The summed E-state index contributed by atoms with van der Waals surface area (Å²) < 4.78 is 45.2. The largest absolute Gasteiger partial charge is 0.448 e. The second-order valence-electron chi connectivity index (χ2n) is 7.69. The van der Waals surface area contributed by atoms with E-state index in [-0.39, 0.29) is 11.7 Å². The maximum atomic E-state index is 13.0. The maximum absolute atomic E-state index is 13.0. The number of nitrogens with zero attached hydrogens (tertiary/aromatic N) is 4. The van der Waals surface area contributed by atoms with E-state index in [4.69, 9.17) is 4.42 Å². The minimum absolute atomic E-state index is 0.218. The molecule has 4 heterocycles. The number of aromatic nitrogens is 2. The Morgan fingerprint density at radius 3 is 2.61 bits per heavy atom. The number of benzene rings is 1. The van der Waals surface area contributed by atoms with Gasteiger partial charge in [-0.3, -0.25) is 4.79 Å². The molecule has 0 N–H and O–H groups in total. The van der Waals surface area contributed by atoms with Crippen molar-refractivity contribution in [2.75, 3.05) is 31.1 Å². The van der Waals surface area contributed by atoms with E-state index in [0.29, 0.717) is 49.2 Å². The monoisotopic (exact) mass is 472 g/mol. The number of fused-ring (bicyclic) bond motifs is 1. The van der Waals surface area contributed by atoms with Gasteiger partial charge in [0.1, 0.15) is 5.82 Å². The molecule has 3 aromatic heterocycles. The summed E-state index contributed by atoms with van der Waals surface area (Å²) in [5.74, 6) is 1.04. The Balaban J connectivity index is 1.26. The Kier molecular flexibility index (Phi) is 5.53. The molecule has 0 unspecified atom stereocenters. The number of alkyl halides is 3. The molecule has 1 aliphatic heterocycles. The van der Waals surface area contributed by atoms with E-state index >= 15 is 0 Å². The van der Waals surface area contributed by atoms with Gasteiger partial charge in [0.15, 0.2) is 16.5 Å². The molecule has 1 amide bonds. The zero-order valence-corrected chi connectivity index (χ0v) is 18.2. The molecule has 1 aromatic carbocycles. The van der Waals surface area contributed by atoms with Gasteiger partial charge in [0.05, 0.1) is 15.8 Å². The number of amides is 1. The van der Waals surface area contributed by atoms with E-state index in [1.807, 2.05) is 29.2 Å². The number of hydrogen-bond donors (Lipinski definition) is 0. The zero-order chi connectivity index (χ0) is 23.0. The second-order valence-corrected chi connectivity index (χ2v) is 8.72. The van der Waals surface area contributed by atoms with Gasteiger partial charge in [-0.15, -0.1) is 11.3 Å². The highest BCUT2D eigenvalue weighted by atomic mass is 32.1. The highest BCUT2D eigenvalue weighted by Crippen LogP contribution is 2.32. The van der Waals surface area contributed by atoms with E-state index in [9.17, 15) is 18.0 Å². The Labute approximate surface area is 191 Å². The Hall–Kier alpha value is -3.40. The number of para-hydroxylation sites is 1. The molecular weight excluding hydrogens is 453 g/mol. The van der Waals surface area contributed by atoms with Gasteiger partial charge in [0.25, 0.3) is 5.91 Å². The molecule has 0 saturated carbocycles. The third-order valence-electron chi connectivity index (χ3n) is 5.50. The lowest BCUT2D eigenvalue weighted by atomic mass is 10.2. The van der Waals surface area contributed by atoms with Crippen LogP contribution in [0, 0.1) is 0 Å².